The molecule has 0 aliphatic carbocycles. The molecular formula is C19H33IN4O. The van der Waals surface area contributed by atoms with Gasteiger partial charge in [-0.1, -0.05) is 12.8 Å². The number of rotatable bonds is 7. The van der Waals surface area contributed by atoms with E-state index in [4.69, 9.17) is 10.5 Å². The number of nitrogens with two attached hydrogens (primary N) is 1. The van der Waals surface area contributed by atoms with Crippen molar-refractivity contribution < 1.29 is 4.74 Å². The number of halogens is 1. The van der Waals surface area contributed by atoms with Crippen molar-refractivity contribution in [3.8, 4) is 5.75 Å². The van der Waals surface area contributed by atoms with Crippen molar-refractivity contribution in [3.63, 3.8) is 0 Å². The van der Waals surface area contributed by atoms with Crippen LogP contribution >= 0.6 is 24.0 Å². The Balaban J connectivity index is 0.00000312. The molecule has 142 valence electrons. The normalized spacial score (nSPS) is 16.2. The molecule has 3 N–H and O–H groups in total. The van der Waals surface area contributed by atoms with Crippen molar-refractivity contribution in [3.05, 3.63) is 24.3 Å². The topological polar surface area (TPSA) is 62.9 Å². The fourth-order valence-electron chi connectivity index (χ4n) is 2.93. The summed E-state index contributed by atoms with van der Waals surface area (Å²) >= 11 is 0. The molecule has 1 aromatic rings. The lowest BCUT2D eigenvalue weighted by Crippen LogP contribution is -2.27. The quantitative estimate of drug-likeness (QED) is 0.279. The number of guanidine groups is 1. The van der Waals surface area contributed by atoms with Crippen LogP contribution in [0.2, 0.25) is 0 Å². The first-order chi connectivity index (χ1) is 11.6. The Hall–Kier alpha value is -1.02. The van der Waals surface area contributed by atoms with E-state index in [9.17, 15) is 0 Å². The van der Waals surface area contributed by atoms with Crippen LogP contribution in [0, 0.1) is 0 Å². The molecule has 1 fully saturated rings. The maximum absolute atomic E-state index is 5.96. The number of hydrogen-bond donors (Lipinski definition) is 2. The zero-order chi connectivity index (χ0) is 17.2. The fraction of sp³-hybridized carbons (Fsp3) is 0.632. The Morgan fingerprint density at radius 2 is 1.80 bits per heavy atom. The number of likely N-dealkylation sites (tertiary alicyclic amines) is 1. The molecule has 25 heavy (non-hydrogen) atoms. The molecule has 1 saturated heterocycles. The van der Waals surface area contributed by atoms with Gasteiger partial charge < -0.3 is 20.7 Å². The van der Waals surface area contributed by atoms with Crippen LogP contribution in [0.25, 0.3) is 0 Å². The molecule has 2 rings (SSSR count). The van der Waals surface area contributed by atoms with Crippen LogP contribution in [0.15, 0.2) is 29.3 Å². The molecule has 0 spiro atoms. The molecule has 0 unspecified atom stereocenters. The number of benzene rings is 1. The summed E-state index contributed by atoms with van der Waals surface area (Å²) in [5, 5.41) is 3.13. The first kappa shape index (κ1) is 22.0. The SMILES string of the molecule is CC(C)Oc1ccc(NC(N)=NCCCN2CCCCCC2)cc1.I. The summed E-state index contributed by atoms with van der Waals surface area (Å²) in [5.74, 6) is 1.34. The third kappa shape index (κ3) is 9.30. The average molecular weight is 460 g/mol. The fourth-order valence-corrected chi connectivity index (χ4v) is 2.93. The maximum Gasteiger partial charge on any atom is 0.193 e. The molecule has 1 aromatic carbocycles. The van der Waals surface area contributed by atoms with Gasteiger partial charge in [0.25, 0.3) is 0 Å². The number of hydrogen-bond acceptors (Lipinski definition) is 3. The van der Waals surface area contributed by atoms with E-state index in [1.54, 1.807) is 0 Å². The highest BCUT2D eigenvalue weighted by atomic mass is 127. The van der Waals surface area contributed by atoms with Crippen molar-refractivity contribution >= 4 is 35.6 Å². The predicted octanol–water partition coefficient (Wildman–Crippen LogP) is 4.08. The van der Waals surface area contributed by atoms with E-state index < -0.39 is 0 Å². The molecule has 5 nitrogen and oxygen atoms in total. The summed E-state index contributed by atoms with van der Waals surface area (Å²) in [4.78, 5) is 6.98. The van der Waals surface area contributed by atoms with E-state index in [1.165, 1.54) is 38.8 Å². The molecule has 0 atom stereocenters. The van der Waals surface area contributed by atoms with Crippen molar-refractivity contribution in [1.82, 2.24) is 4.90 Å². The Kier molecular flexibility index (Phi) is 10.9. The minimum absolute atomic E-state index is 0. The van der Waals surface area contributed by atoms with Crippen LogP contribution in [0.4, 0.5) is 5.69 Å². The van der Waals surface area contributed by atoms with Gasteiger partial charge in [-0.05, 0) is 77.0 Å². The number of nitrogens with one attached hydrogen (secondary N) is 1. The van der Waals surface area contributed by atoms with Gasteiger partial charge in [-0.15, -0.1) is 24.0 Å². The van der Waals surface area contributed by atoms with Crippen LogP contribution in [0.3, 0.4) is 0 Å². The van der Waals surface area contributed by atoms with E-state index >= 15 is 0 Å². The van der Waals surface area contributed by atoms with Crippen LogP contribution in [0.1, 0.15) is 46.0 Å². The molecule has 1 aliphatic rings. The number of anilines is 1. The minimum atomic E-state index is 0. The molecule has 0 saturated carbocycles. The standard InChI is InChI=1S/C19H32N4O.HI/c1-16(2)24-18-10-8-17(9-11-18)22-19(20)21-12-7-15-23-13-5-3-4-6-14-23;/h8-11,16H,3-7,12-15H2,1-2H3,(H3,20,21,22);1H. The Labute approximate surface area is 169 Å². The van der Waals surface area contributed by atoms with Gasteiger partial charge in [0.1, 0.15) is 5.75 Å². The van der Waals surface area contributed by atoms with Crippen molar-refractivity contribution in [1.29, 1.82) is 0 Å². The first-order valence-corrected chi connectivity index (χ1v) is 9.19. The van der Waals surface area contributed by atoms with Gasteiger partial charge in [-0.25, -0.2) is 0 Å². The monoisotopic (exact) mass is 460 g/mol. The minimum Gasteiger partial charge on any atom is -0.491 e. The Bertz CT molecular complexity index is 497. The molecule has 0 radical (unpaired) electrons. The van der Waals surface area contributed by atoms with Crippen LogP contribution in [-0.2, 0) is 0 Å². The Morgan fingerprint density at radius 3 is 2.40 bits per heavy atom. The molecular weight excluding hydrogens is 427 g/mol. The molecule has 6 heteroatoms. The van der Waals surface area contributed by atoms with Gasteiger partial charge in [-0.3, -0.25) is 4.99 Å². The van der Waals surface area contributed by atoms with Gasteiger partial charge in [0.2, 0.25) is 0 Å². The van der Waals surface area contributed by atoms with Gasteiger partial charge in [0.15, 0.2) is 5.96 Å². The summed E-state index contributed by atoms with van der Waals surface area (Å²) in [6, 6.07) is 7.79. The van der Waals surface area contributed by atoms with Crippen LogP contribution in [-0.4, -0.2) is 43.1 Å². The molecule has 1 aliphatic heterocycles. The third-order valence-electron chi connectivity index (χ3n) is 4.11. The number of ether oxygens (including phenoxy) is 1. The van der Waals surface area contributed by atoms with Crippen molar-refractivity contribution in [2.24, 2.45) is 10.7 Å². The first-order valence-electron chi connectivity index (χ1n) is 9.19. The zero-order valence-corrected chi connectivity index (χ0v) is 17.9. The van der Waals surface area contributed by atoms with Gasteiger partial charge in [0.05, 0.1) is 6.10 Å². The zero-order valence-electron chi connectivity index (χ0n) is 15.5. The largest absolute Gasteiger partial charge is 0.491 e. The second kappa shape index (κ2) is 12.4. The lowest BCUT2D eigenvalue weighted by Gasteiger charge is -2.18. The van der Waals surface area contributed by atoms with E-state index in [2.05, 4.69) is 15.2 Å². The maximum atomic E-state index is 5.96. The predicted molar refractivity (Wildman–Crippen MR) is 117 cm³/mol. The highest BCUT2D eigenvalue weighted by Crippen LogP contribution is 2.16. The summed E-state index contributed by atoms with van der Waals surface area (Å²) in [5.41, 5.74) is 6.89. The second-order valence-electron chi connectivity index (χ2n) is 6.69. The Morgan fingerprint density at radius 1 is 1.16 bits per heavy atom. The molecule has 1 heterocycles. The molecule has 0 bridgehead atoms. The number of aliphatic imine (C=N–C) groups is 1. The highest BCUT2D eigenvalue weighted by Gasteiger charge is 2.07. The smallest absolute Gasteiger partial charge is 0.193 e. The lowest BCUT2D eigenvalue weighted by molar-refractivity contribution is 0.242. The van der Waals surface area contributed by atoms with Gasteiger partial charge in [0, 0.05) is 12.2 Å². The van der Waals surface area contributed by atoms with E-state index in [0.717, 1.165) is 30.9 Å². The summed E-state index contributed by atoms with van der Waals surface area (Å²) in [6.07, 6.45) is 6.68. The van der Waals surface area contributed by atoms with Gasteiger partial charge >= 0.3 is 0 Å². The highest BCUT2D eigenvalue weighted by molar-refractivity contribution is 14.0. The third-order valence-corrected chi connectivity index (χ3v) is 4.11. The van der Waals surface area contributed by atoms with E-state index in [1.807, 2.05) is 38.1 Å². The summed E-state index contributed by atoms with van der Waals surface area (Å²) in [7, 11) is 0. The summed E-state index contributed by atoms with van der Waals surface area (Å²) in [6.45, 7) is 8.40. The van der Waals surface area contributed by atoms with Crippen LogP contribution in [0.5, 0.6) is 5.75 Å². The lowest BCUT2D eigenvalue weighted by atomic mass is 10.2. The molecule has 0 aromatic heterocycles. The second-order valence-corrected chi connectivity index (χ2v) is 6.69. The average Bonchev–Trinajstić information content (AvgIpc) is 2.82. The molecule has 0 amide bonds. The van der Waals surface area contributed by atoms with E-state index in [-0.39, 0.29) is 30.1 Å². The van der Waals surface area contributed by atoms with Crippen molar-refractivity contribution in [2.75, 3.05) is 31.5 Å². The van der Waals surface area contributed by atoms with Crippen LogP contribution < -0.4 is 15.8 Å². The number of nitrogens with zero attached hydrogens (tertiary/aromatic N) is 2. The van der Waals surface area contributed by atoms with Crippen molar-refractivity contribution in [2.45, 2.75) is 52.1 Å². The van der Waals surface area contributed by atoms with E-state index in [0.29, 0.717) is 5.96 Å². The summed E-state index contributed by atoms with van der Waals surface area (Å²) < 4.78 is 5.63. The van der Waals surface area contributed by atoms with Gasteiger partial charge in [-0.2, -0.15) is 0 Å².